The first-order chi connectivity index (χ1) is 19.8. The minimum atomic E-state index is -3.41. The highest BCUT2D eigenvalue weighted by molar-refractivity contribution is 7.91. The van der Waals surface area contributed by atoms with E-state index in [9.17, 15) is 23.2 Å². The van der Waals surface area contributed by atoms with Gasteiger partial charge < -0.3 is 19.7 Å². The highest BCUT2D eigenvalue weighted by atomic mass is 32.2. The van der Waals surface area contributed by atoms with Crippen molar-refractivity contribution in [3.63, 3.8) is 0 Å². The molecule has 2 aliphatic rings. The molecule has 1 saturated heterocycles. The summed E-state index contributed by atoms with van der Waals surface area (Å²) >= 11 is 0. The summed E-state index contributed by atoms with van der Waals surface area (Å²) in [5.74, 6) is 0.821. The van der Waals surface area contributed by atoms with Gasteiger partial charge >= 0.3 is 0 Å². The number of fused-ring (bicyclic) bond motifs is 1. The molecule has 5 rings (SSSR count). The van der Waals surface area contributed by atoms with Crippen LogP contribution in [-0.4, -0.2) is 56.6 Å². The summed E-state index contributed by atoms with van der Waals surface area (Å²) in [5.41, 5.74) is 2.83. The van der Waals surface area contributed by atoms with Crippen LogP contribution in [0.2, 0.25) is 0 Å². The Hall–Kier alpha value is -3.92. The van der Waals surface area contributed by atoms with E-state index in [1.807, 2.05) is 28.0 Å². The lowest BCUT2D eigenvalue weighted by molar-refractivity contribution is -0.605. The van der Waals surface area contributed by atoms with Crippen LogP contribution < -0.4 is 14.4 Å². The molecule has 2 aliphatic heterocycles. The van der Waals surface area contributed by atoms with Crippen molar-refractivity contribution in [1.29, 1.82) is 0 Å². The predicted molar refractivity (Wildman–Crippen MR) is 154 cm³/mol. The number of unbranched alkanes of at least 4 members (excludes halogenated alkanes) is 2. The third-order valence-electron chi connectivity index (χ3n) is 7.80. The zero-order chi connectivity index (χ0) is 28.8. The van der Waals surface area contributed by atoms with E-state index in [0.717, 1.165) is 24.9 Å². The lowest BCUT2D eigenvalue weighted by Gasteiger charge is -2.41. The van der Waals surface area contributed by atoms with Gasteiger partial charge in [0, 0.05) is 48.9 Å². The SMILES string of the molecule is O=C(c1ccc(OCCCCCS(=O)(=O)c2cc[n+]([O-])cc2)cc1)N1CCC(N2C(=O)CCc3ccccc32)CC1. The molecule has 0 aliphatic carbocycles. The number of aromatic nitrogens is 1. The molecule has 41 heavy (non-hydrogen) atoms. The van der Waals surface area contributed by atoms with Crippen LogP contribution in [0, 0.1) is 5.21 Å². The first kappa shape index (κ1) is 28.6. The van der Waals surface area contributed by atoms with Gasteiger partial charge in [-0.1, -0.05) is 18.2 Å². The van der Waals surface area contributed by atoms with E-state index in [-0.39, 0.29) is 28.5 Å². The molecule has 2 amide bonds. The Labute approximate surface area is 240 Å². The van der Waals surface area contributed by atoms with Gasteiger partial charge in [0.2, 0.25) is 5.91 Å². The van der Waals surface area contributed by atoms with E-state index >= 15 is 0 Å². The maximum absolute atomic E-state index is 13.1. The van der Waals surface area contributed by atoms with Crippen molar-refractivity contribution in [3.8, 4) is 5.75 Å². The number of aryl methyl sites for hydroxylation is 1. The number of amides is 2. The Morgan fingerprint density at radius 3 is 2.37 bits per heavy atom. The number of para-hydroxylation sites is 1. The largest absolute Gasteiger partial charge is 0.619 e. The fourth-order valence-corrected chi connectivity index (χ4v) is 6.90. The van der Waals surface area contributed by atoms with Crippen molar-refractivity contribution in [3.05, 3.63) is 89.4 Å². The zero-order valence-electron chi connectivity index (χ0n) is 23.0. The third kappa shape index (κ3) is 6.87. The van der Waals surface area contributed by atoms with Crippen molar-refractivity contribution in [2.75, 3.05) is 30.3 Å². The lowest BCUT2D eigenvalue weighted by Crippen LogP contribution is -2.50. The maximum Gasteiger partial charge on any atom is 0.253 e. The van der Waals surface area contributed by atoms with Crippen LogP contribution in [0.5, 0.6) is 5.75 Å². The number of benzene rings is 2. The van der Waals surface area contributed by atoms with E-state index in [1.54, 1.807) is 24.3 Å². The second kappa shape index (κ2) is 12.7. The molecule has 0 spiro atoms. The predicted octanol–water partition coefficient (Wildman–Crippen LogP) is 3.93. The summed E-state index contributed by atoms with van der Waals surface area (Å²) in [7, 11) is -3.41. The summed E-state index contributed by atoms with van der Waals surface area (Å²) in [5, 5.41) is 11.1. The molecular formula is C31H35N3O6S. The monoisotopic (exact) mass is 577 g/mol. The average molecular weight is 578 g/mol. The highest BCUT2D eigenvalue weighted by Gasteiger charge is 2.33. The second-order valence-corrected chi connectivity index (χ2v) is 12.7. The summed E-state index contributed by atoms with van der Waals surface area (Å²) in [6.45, 7) is 1.65. The summed E-state index contributed by atoms with van der Waals surface area (Å²) < 4.78 is 31.1. The zero-order valence-corrected chi connectivity index (χ0v) is 23.8. The maximum atomic E-state index is 13.1. The number of hydrogen-bond donors (Lipinski definition) is 0. The summed E-state index contributed by atoms with van der Waals surface area (Å²) in [6.07, 6.45) is 7.07. The molecule has 10 heteroatoms. The molecular weight excluding hydrogens is 542 g/mol. The molecule has 0 atom stereocenters. The lowest BCUT2D eigenvalue weighted by atomic mass is 9.95. The van der Waals surface area contributed by atoms with Crippen molar-refractivity contribution in [1.82, 2.24) is 4.90 Å². The molecule has 1 fully saturated rings. The van der Waals surface area contributed by atoms with Crippen LogP contribution in [0.3, 0.4) is 0 Å². The Morgan fingerprint density at radius 1 is 0.927 bits per heavy atom. The van der Waals surface area contributed by atoms with E-state index in [0.29, 0.717) is 61.4 Å². The van der Waals surface area contributed by atoms with Crippen molar-refractivity contribution in [2.45, 2.75) is 55.9 Å². The molecule has 2 aromatic carbocycles. The van der Waals surface area contributed by atoms with E-state index in [2.05, 4.69) is 6.07 Å². The van der Waals surface area contributed by atoms with Gasteiger partial charge in [-0.25, -0.2) is 8.42 Å². The van der Waals surface area contributed by atoms with Gasteiger partial charge in [-0.05, 0) is 74.4 Å². The topological polar surface area (TPSA) is 111 Å². The summed E-state index contributed by atoms with van der Waals surface area (Å²) in [4.78, 5) is 29.9. The van der Waals surface area contributed by atoms with Crippen LogP contribution in [0.15, 0.2) is 78.0 Å². The third-order valence-corrected chi connectivity index (χ3v) is 9.62. The first-order valence-electron chi connectivity index (χ1n) is 14.2. The number of rotatable bonds is 10. The number of likely N-dealkylation sites (tertiary alicyclic amines) is 1. The number of nitrogens with zero attached hydrogens (tertiary/aromatic N) is 3. The normalized spacial score (nSPS) is 16.0. The molecule has 216 valence electrons. The first-order valence-corrected chi connectivity index (χ1v) is 15.8. The van der Waals surface area contributed by atoms with Crippen molar-refractivity contribution >= 4 is 27.3 Å². The van der Waals surface area contributed by atoms with Crippen LogP contribution in [-0.2, 0) is 21.1 Å². The van der Waals surface area contributed by atoms with E-state index in [1.165, 1.54) is 30.1 Å². The molecule has 9 nitrogen and oxygen atoms in total. The van der Waals surface area contributed by atoms with Gasteiger partial charge in [0.25, 0.3) is 5.91 Å². The standard InChI is InChI=1S/C31H35N3O6S/c35-30-13-10-24-6-2-3-7-29(24)34(30)26-14-18-32(19-15-26)31(36)25-8-11-27(12-9-25)40-22-4-1-5-23-41(38,39)28-16-20-33(37)21-17-28/h2-3,6-9,11-12,16-17,20-21,26H,1,4-5,10,13-15,18-19,22-23H2. The average Bonchev–Trinajstić information content (AvgIpc) is 2.99. The number of anilines is 1. The van der Waals surface area contributed by atoms with Crippen LogP contribution >= 0.6 is 0 Å². The van der Waals surface area contributed by atoms with E-state index in [4.69, 9.17) is 4.74 Å². The van der Waals surface area contributed by atoms with Gasteiger partial charge in [-0.2, -0.15) is 4.73 Å². The number of pyridine rings is 1. The van der Waals surface area contributed by atoms with Crippen LogP contribution in [0.4, 0.5) is 5.69 Å². The molecule has 0 bridgehead atoms. The van der Waals surface area contributed by atoms with Gasteiger partial charge in [0.1, 0.15) is 5.75 Å². The summed E-state index contributed by atoms with van der Waals surface area (Å²) in [6, 6.07) is 17.9. The number of piperidine rings is 1. The van der Waals surface area contributed by atoms with Gasteiger partial charge in [0.15, 0.2) is 22.2 Å². The second-order valence-electron chi connectivity index (χ2n) is 10.6. The minimum absolute atomic E-state index is 0.0194. The molecule has 3 heterocycles. The number of carbonyl (C=O) groups is 2. The van der Waals surface area contributed by atoms with Crippen LogP contribution in [0.1, 0.15) is 54.4 Å². The molecule has 0 N–H and O–H groups in total. The fraction of sp³-hybridized carbons (Fsp3) is 0.387. The molecule has 0 saturated carbocycles. The van der Waals surface area contributed by atoms with Gasteiger partial charge in [-0.3, -0.25) is 9.59 Å². The minimum Gasteiger partial charge on any atom is -0.619 e. The van der Waals surface area contributed by atoms with Gasteiger partial charge in [0.05, 0.1) is 17.3 Å². The number of ether oxygens (including phenoxy) is 1. The Morgan fingerprint density at radius 2 is 1.63 bits per heavy atom. The molecule has 0 unspecified atom stereocenters. The molecule has 3 aromatic rings. The number of carbonyl (C=O) groups excluding carboxylic acids is 2. The number of hydrogen-bond acceptors (Lipinski definition) is 6. The Kier molecular flexibility index (Phi) is 8.87. The van der Waals surface area contributed by atoms with Gasteiger partial charge in [-0.15, -0.1) is 0 Å². The Bertz CT molecular complexity index is 1470. The molecule has 1 aromatic heterocycles. The quantitative estimate of drug-likeness (QED) is 0.205. The smallest absolute Gasteiger partial charge is 0.253 e. The van der Waals surface area contributed by atoms with E-state index < -0.39 is 9.84 Å². The van der Waals surface area contributed by atoms with Crippen molar-refractivity contribution < 1.29 is 27.5 Å². The number of sulfone groups is 1. The Balaban J connectivity index is 1.04. The highest BCUT2D eigenvalue weighted by Crippen LogP contribution is 2.32. The fourth-order valence-electron chi connectivity index (χ4n) is 5.54. The van der Waals surface area contributed by atoms with Crippen LogP contribution in [0.25, 0.3) is 0 Å². The molecule has 0 radical (unpaired) electrons. The van der Waals surface area contributed by atoms with Crippen molar-refractivity contribution in [2.24, 2.45) is 0 Å².